The molecule has 0 aromatic carbocycles. The van der Waals surface area contributed by atoms with Gasteiger partial charge in [-0.3, -0.25) is 10.1 Å². The van der Waals surface area contributed by atoms with E-state index in [1.165, 1.54) is 6.20 Å². The monoisotopic (exact) mass is 213 g/mol. The Bertz CT molecular complexity index is 361. The number of nitro groups is 1. The third-order valence-corrected chi connectivity index (χ3v) is 1.69. The molecule has 0 fully saturated rings. The molecule has 0 aliphatic heterocycles. The minimum atomic E-state index is -0.585. The maximum Gasteiger partial charge on any atom is 0.253 e. The van der Waals surface area contributed by atoms with E-state index in [1.54, 1.807) is 12.1 Å². The molecule has 5 nitrogen and oxygen atoms in total. The van der Waals surface area contributed by atoms with Gasteiger partial charge in [-0.1, -0.05) is 17.7 Å². The fraction of sp³-hybridized carbons (Fsp3) is 0.125. The summed E-state index contributed by atoms with van der Waals surface area (Å²) >= 11 is 5.57. The summed E-state index contributed by atoms with van der Waals surface area (Å²) in [7, 11) is 0. The molecule has 0 unspecified atom stereocenters. The lowest BCUT2D eigenvalue weighted by Gasteiger charge is -1.98. The molecule has 0 spiro atoms. The van der Waals surface area contributed by atoms with Crippen LogP contribution in [0.4, 0.5) is 0 Å². The Hall–Kier alpha value is -1.62. The van der Waals surface area contributed by atoms with Gasteiger partial charge in [0.05, 0.1) is 10.6 Å². The van der Waals surface area contributed by atoms with Gasteiger partial charge < -0.3 is 5.73 Å². The molecule has 74 valence electrons. The van der Waals surface area contributed by atoms with Gasteiger partial charge in [0, 0.05) is 12.6 Å². The minimum Gasteiger partial charge on any atom is -0.397 e. The number of halogens is 1. The van der Waals surface area contributed by atoms with Crippen molar-refractivity contribution in [1.29, 1.82) is 0 Å². The van der Waals surface area contributed by atoms with Gasteiger partial charge in [-0.15, -0.1) is 0 Å². The van der Waals surface area contributed by atoms with Gasteiger partial charge in [-0.05, 0) is 11.6 Å². The van der Waals surface area contributed by atoms with Gasteiger partial charge in [-0.2, -0.15) is 0 Å². The second-order valence-corrected chi connectivity index (χ2v) is 3.04. The van der Waals surface area contributed by atoms with Crippen molar-refractivity contribution in [1.82, 2.24) is 4.98 Å². The zero-order valence-electron chi connectivity index (χ0n) is 7.18. The molecular weight excluding hydrogens is 206 g/mol. The molecule has 0 bridgehead atoms. The maximum absolute atomic E-state index is 10.1. The topological polar surface area (TPSA) is 82.0 Å². The highest BCUT2D eigenvalue weighted by Crippen LogP contribution is 2.07. The summed E-state index contributed by atoms with van der Waals surface area (Å²) in [5, 5.41) is 10.4. The average Bonchev–Trinajstić information content (AvgIpc) is 2.07. The van der Waals surface area contributed by atoms with Gasteiger partial charge in [0.2, 0.25) is 0 Å². The molecule has 0 aliphatic carbocycles. The average molecular weight is 214 g/mol. The number of pyridine rings is 1. The Kier molecular flexibility index (Phi) is 3.41. The van der Waals surface area contributed by atoms with E-state index in [4.69, 9.17) is 17.3 Å². The first-order valence-electron chi connectivity index (χ1n) is 3.78. The van der Waals surface area contributed by atoms with E-state index in [-0.39, 0.29) is 5.70 Å². The van der Waals surface area contributed by atoms with E-state index in [0.717, 1.165) is 11.8 Å². The Balaban J connectivity index is 2.69. The first kappa shape index (κ1) is 10.5. The highest BCUT2D eigenvalue weighted by Gasteiger charge is 2.00. The van der Waals surface area contributed by atoms with Gasteiger partial charge in [-0.25, -0.2) is 4.98 Å². The lowest BCUT2D eigenvalue weighted by atomic mass is 10.2. The van der Waals surface area contributed by atoms with E-state index in [9.17, 15) is 10.1 Å². The van der Waals surface area contributed by atoms with Crippen LogP contribution < -0.4 is 5.73 Å². The van der Waals surface area contributed by atoms with Gasteiger partial charge in [0.1, 0.15) is 5.15 Å². The van der Waals surface area contributed by atoms with Crippen LogP contribution in [0.1, 0.15) is 5.56 Å². The summed E-state index contributed by atoms with van der Waals surface area (Å²) in [5.74, 6) is 0. The second kappa shape index (κ2) is 4.57. The smallest absolute Gasteiger partial charge is 0.253 e. The molecule has 0 saturated heterocycles. The largest absolute Gasteiger partial charge is 0.397 e. The van der Waals surface area contributed by atoms with E-state index < -0.39 is 4.92 Å². The van der Waals surface area contributed by atoms with Gasteiger partial charge in [0.25, 0.3) is 6.20 Å². The summed E-state index contributed by atoms with van der Waals surface area (Å²) in [6.07, 6.45) is 2.60. The Morgan fingerprint density at radius 1 is 1.71 bits per heavy atom. The molecule has 1 aromatic heterocycles. The Morgan fingerprint density at radius 3 is 2.93 bits per heavy atom. The van der Waals surface area contributed by atoms with Crippen LogP contribution in [0.3, 0.4) is 0 Å². The van der Waals surface area contributed by atoms with E-state index >= 15 is 0 Å². The zero-order valence-corrected chi connectivity index (χ0v) is 7.94. The number of hydrogen-bond donors (Lipinski definition) is 1. The molecule has 0 amide bonds. The molecule has 0 radical (unpaired) electrons. The molecule has 1 rings (SSSR count). The zero-order chi connectivity index (χ0) is 10.6. The van der Waals surface area contributed by atoms with E-state index in [0.29, 0.717) is 11.6 Å². The lowest BCUT2D eigenvalue weighted by molar-refractivity contribution is -0.403. The molecule has 14 heavy (non-hydrogen) atoms. The van der Waals surface area contributed by atoms with Crippen LogP contribution in [0.2, 0.25) is 5.15 Å². The molecule has 0 atom stereocenters. The van der Waals surface area contributed by atoms with Crippen LogP contribution in [-0.4, -0.2) is 9.91 Å². The maximum atomic E-state index is 10.1. The fourth-order valence-electron chi connectivity index (χ4n) is 0.928. The van der Waals surface area contributed by atoms with Crippen molar-refractivity contribution in [2.75, 3.05) is 0 Å². The highest BCUT2D eigenvalue weighted by atomic mass is 35.5. The molecule has 6 heteroatoms. The van der Waals surface area contributed by atoms with Crippen molar-refractivity contribution in [3.63, 3.8) is 0 Å². The normalized spacial score (nSPS) is 11.4. The molecule has 2 N–H and O–H groups in total. The third-order valence-electron chi connectivity index (χ3n) is 1.47. The minimum absolute atomic E-state index is 0.180. The van der Waals surface area contributed by atoms with Crippen LogP contribution in [0, 0.1) is 10.1 Å². The standard InChI is InChI=1S/C8H8ClN3O2/c9-8-2-1-6(4-11-8)3-7(10)5-12(13)14/h1-2,4-5H,3,10H2/b7-5+. The van der Waals surface area contributed by atoms with Crippen LogP contribution >= 0.6 is 11.6 Å². The number of aromatic nitrogens is 1. The van der Waals surface area contributed by atoms with Crippen molar-refractivity contribution in [2.24, 2.45) is 5.73 Å². The predicted octanol–water partition coefficient (Wildman–Crippen LogP) is 1.35. The van der Waals surface area contributed by atoms with E-state index in [2.05, 4.69) is 4.98 Å². The van der Waals surface area contributed by atoms with Crippen LogP contribution in [-0.2, 0) is 6.42 Å². The number of allylic oxidation sites excluding steroid dienone is 1. The molecule has 1 aromatic rings. The molecule has 0 saturated carbocycles. The number of hydrogen-bond acceptors (Lipinski definition) is 4. The molecular formula is C8H8ClN3O2. The Morgan fingerprint density at radius 2 is 2.43 bits per heavy atom. The number of nitrogens with two attached hydrogens (primary N) is 1. The molecule has 1 heterocycles. The first-order chi connectivity index (χ1) is 6.58. The second-order valence-electron chi connectivity index (χ2n) is 2.66. The van der Waals surface area contributed by atoms with E-state index in [1.807, 2.05) is 0 Å². The first-order valence-corrected chi connectivity index (χ1v) is 4.16. The van der Waals surface area contributed by atoms with Crippen molar-refractivity contribution < 1.29 is 4.92 Å². The SMILES string of the molecule is N/C(=C/[N+](=O)[O-])Cc1ccc(Cl)nc1. The summed E-state index contributed by atoms with van der Waals surface area (Å²) in [4.78, 5) is 13.3. The van der Waals surface area contributed by atoms with Crippen molar-refractivity contribution in [3.8, 4) is 0 Å². The quantitative estimate of drug-likeness (QED) is 0.467. The summed E-state index contributed by atoms with van der Waals surface area (Å²) in [6, 6.07) is 3.33. The number of rotatable bonds is 3. The lowest BCUT2D eigenvalue weighted by Crippen LogP contribution is -2.04. The predicted molar refractivity (Wildman–Crippen MR) is 52.2 cm³/mol. The van der Waals surface area contributed by atoms with Crippen LogP contribution in [0.25, 0.3) is 0 Å². The molecule has 0 aliphatic rings. The summed E-state index contributed by atoms with van der Waals surface area (Å²) in [6.45, 7) is 0. The summed E-state index contributed by atoms with van der Waals surface area (Å²) < 4.78 is 0. The van der Waals surface area contributed by atoms with Crippen LogP contribution in [0.5, 0.6) is 0 Å². The van der Waals surface area contributed by atoms with Gasteiger partial charge >= 0.3 is 0 Å². The van der Waals surface area contributed by atoms with Crippen molar-refractivity contribution >= 4 is 11.6 Å². The fourth-order valence-corrected chi connectivity index (χ4v) is 1.04. The van der Waals surface area contributed by atoms with Crippen molar-refractivity contribution in [2.45, 2.75) is 6.42 Å². The Labute approximate surface area is 85.4 Å². The van der Waals surface area contributed by atoms with Gasteiger partial charge in [0.15, 0.2) is 0 Å². The van der Waals surface area contributed by atoms with Crippen molar-refractivity contribution in [3.05, 3.63) is 51.1 Å². The van der Waals surface area contributed by atoms with Crippen LogP contribution in [0.15, 0.2) is 30.2 Å². The highest BCUT2D eigenvalue weighted by molar-refractivity contribution is 6.29. The third kappa shape index (κ3) is 3.40. The summed E-state index contributed by atoms with van der Waals surface area (Å²) in [5.41, 5.74) is 6.37. The number of nitrogens with zero attached hydrogens (tertiary/aromatic N) is 2.